The molecule has 43 heavy (non-hydrogen) atoms. The number of allylic oxidation sites excluding steroid dienone is 1. The van der Waals surface area contributed by atoms with Crippen molar-refractivity contribution in [1.82, 2.24) is 4.57 Å². The molecular formula is C32H29N3O7S. The second-order valence-electron chi connectivity index (χ2n) is 9.84. The van der Waals surface area contributed by atoms with Crippen LogP contribution < -0.4 is 24.4 Å². The van der Waals surface area contributed by atoms with E-state index in [1.54, 1.807) is 54.8 Å². The Hall–Kier alpha value is -5.03. The van der Waals surface area contributed by atoms with E-state index in [0.717, 1.165) is 11.1 Å². The minimum Gasteiger partial charge on any atom is -0.493 e. The van der Waals surface area contributed by atoms with Crippen LogP contribution in [-0.2, 0) is 16.1 Å². The van der Waals surface area contributed by atoms with E-state index in [-0.39, 0.29) is 24.5 Å². The van der Waals surface area contributed by atoms with Gasteiger partial charge in [-0.2, -0.15) is 0 Å². The van der Waals surface area contributed by atoms with Crippen LogP contribution in [0.2, 0.25) is 0 Å². The van der Waals surface area contributed by atoms with E-state index in [1.165, 1.54) is 30.6 Å². The number of nitro benzene ring substituents is 1. The monoisotopic (exact) mass is 599 g/mol. The number of thiazole rings is 1. The zero-order chi connectivity index (χ0) is 30.7. The summed E-state index contributed by atoms with van der Waals surface area (Å²) in [7, 11) is 1.51. The molecule has 0 aliphatic carbocycles. The largest absolute Gasteiger partial charge is 0.493 e. The Morgan fingerprint density at radius 2 is 1.86 bits per heavy atom. The lowest BCUT2D eigenvalue weighted by atomic mass is 9.95. The number of aromatic nitrogens is 1. The van der Waals surface area contributed by atoms with Crippen molar-refractivity contribution in [1.29, 1.82) is 0 Å². The van der Waals surface area contributed by atoms with Gasteiger partial charge in [-0.3, -0.25) is 19.5 Å². The molecule has 220 valence electrons. The van der Waals surface area contributed by atoms with E-state index < -0.39 is 16.9 Å². The number of carbonyl (C=O) groups is 1. The molecule has 4 aromatic rings. The second kappa shape index (κ2) is 12.5. The van der Waals surface area contributed by atoms with Gasteiger partial charge in [-0.25, -0.2) is 9.79 Å². The van der Waals surface area contributed by atoms with Crippen LogP contribution >= 0.6 is 11.3 Å². The maximum atomic E-state index is 13.9. The van der Waals surface area contributed by atoms with Crippen LogP contribution in [0.4, 0.5) is 5.69 Å². The minimum absolute atomic E-state index is 0.0148. The van der Waals surface area contributed by atoms with Crippen molar-refractivity contribution in [2.45, 2.75) is 33.4 Å². The lowest BCUT2D eigenvalue weighted by molar-refractivity contribution is -0.384. The van der Waals surface area contributed by atoms with E-state index in [2.05, 4.69) is 4.99 Å². The Morgan fingerprint density at radius 3 is 2.56 bits per heavy atom. The van der Waals surface area contributed by atoms with Gasteiger partial charge in [0.15, 0.2) is 16.3 Å². The van der Waals surface area contributed by atoms with E-state index >= 15 is 0 Å². The molecule has 0 saturated heterocycles. The van der Waals surface area contributed by atoms with Crippen molar-refractivity contribution in [2.75, 3.05) is 13.7 Å². The maximum Gasteiger partial charge on any atom is 0.338 e. The number of non-ortho nitro benzene ring substituents is 1. The van der Waals surface area contributed by atoms with Crippen LogP contribution in [0.15, 0.2) is 87.8 Å². The third-order valence-corrected chi connectivity index (χ3v) is 7.89. The highest BCUT2D eigenvalue weighted by atomic mass is 32.1. The molecule has 0 amide bonds. The van der Waals surface area contributed by atoms with E-state index in [1.807, 2.05) is 31.2 Å². The number of hydrogen-bond acceptors (Lipinski definition) is 9. The summed E-state index contributed by atoms with van der Waals surface area (Å²) in [6.45, 7) is 5.77. The molecule has 5 rings (SSSR count). The molecule has 0 unspecified atom stereocenters. The molecule has 0 bridgehead atoms. The van der Waals surface area contributed by atoms with Crippen molar-refractivity contribution in [3.8, 4) is 11.5 Å². The Bertz CT molecular complexity index is 1920. The van der Waals surface area contributed by atoms with Crippen molar-refractivity contribution in [3.05, 3.63) is 130 Å². The van der Waals surface area contributed by atoms with Gasteiger partial charge in [0.2, 0.25) is 0 Å². The molecule has 0 saturated carbocycles. The predicted octanol–water partition coefficient (Wildman–Crippen LogP) is 4.60. The first-order valence-electron chi connectivity index (χ1n) is 13.5. The maximum absolute atomic E-state index is 13.9. The predicted molar refractivity (Wildman–Crippen MR) is 162 cm³/mol. The minimum atomic E-state index is -0.683. The van der Waals surface area contributed by atoms with Gasteiger partial charge in [0.05, 0.1) is 40.5 Å². The normalized spacial score (nSPS) is 14.6. The summed E-state index contributed by atoms with van der Waals surface area (Å²) in [6, 6.07) is 18.5. The van der Waals surface area contributed by atoms with E-state index in [4.69, 9.17) is 14.2 Å². The fourth-order valence-corrected chi connectivity index (χ4v) is 5.87. The summed E-state index contributed by atoms with van der Waals surface area (Å²) in [5.41, 5.74) is 3.71. The van der Waals surface area contributed by atoms with Gasteiger partial charge in [0.25, 0.3) is 11.2 Å². The topological polar surface area (TPSA) is 122 Å². The molecule has 1 atom stereocenters. The van der Waals surface area contributed by atoms with Crippen LogP contribution in [0.5, 0.6) is 11.5 Å². The first kappa shape index (κ1) is 29.5. The van der Waals surface area contributed by atoms with Crippen molar-refractivity contribution >= 4 is 29.1 Å². The van der Waals surface area contributed by atoms with Crippen LogP contribution in [0.25, 0.3) is 6.08 Å². The molecule has 1 aliphatic rings. The van der Waals surface area contributed by atoms with Gasteiger partial charge in [-0.15, -0.1) is 0 Å². The molecule has 3 aromatic carbocycles. The van der Waals surface area contributed by atoms with Gasteiger partial charge in [-0.1, -0.05) is 59.4 Å². The Labute approximate surface area is 251 Å². The van der Waals surface area contributed by atoms with Crippen molar-refractivity contribution in [3.63, 3.8) is 0 Å². The molecule has 10 nitrogen and oxygen atoms in total. The van der Waals surface area contributed by atoms with Crippen LogP contribution in [0, 0.1) is 17.0 Å². The number of fused-ring (bicyclic) bond motifs is 1. The van der Waals surface area contributed by atoms with Crippen molar-refractivity contribution < 1.29 is 23.9 Å². The first-order valence-corrected chi connectivity index (χ1v) is 14.3. The number of esters is 1. The fraction of sp³-hybridized carbons (Fsp3) is 0.219. The van der Waals surface area contributed by atoms with Crippen LogP contribution in [0.3, 0.4) is 0 Å². The standard InChI is InChI=1S/C32H29N3O7S/c1-5-41-31(37)28-20(3)33-32-34(29(28)23-12-9-19(2)10-13-23)30(36)27(43-32)17-21-11-14-25(26(16-21)40-4)42-18-22-7-6-8-24(15-22)35(38)39/h6-17,29H,5,18H2,1-4H3/b27-17+/t29-/m0/s1. The lowest BCUT2D eigenvalue weighted by Crippen LogP contribution is -2.39. The quantitative estimate of drug-likeness (QED) is 0.157. The smallest absolute Gasteiger partial charge is 0.338 e. The number of benzene rings is 3. The SMILES string of the molecule is CCOC(=O)C1=C(C)N=c2s/c(=C/c3ccc(OCc4cccc([N+](=O)[O-])c4)c(OC)c3)c(=O)n2[C@H]1c1ccc(C)cc1. The molecule has 1 aliphatic heterocycles. The zero-order valence-corrected chi connectivity index (χ0v) is 24.8. The number of rotatable bonds is 9. The molecule has 0 fully saturated rings. The molecule has 0 radical (unpaired) electrons. The third-order valence-electron chi connectivity index (χ3n) is 6.91. The average Bonchev–Trinajstić information content (AvgIpc) is 3.30. The molecule has 1 aromatic heterocycles. The summed E-state index contributed by atoms with van der Waals surface area (Å²) in [5, 5.41) is 11.1. The number of aryl methyl sites for hydroxylation is 1. The molecule has 0 N–H and O–H groups in total. The first-order chi connectivity index (χ1) is 20.7. The second-order valence-corrected chi connectivity index (χ2v) is 10.8. The number of hydrogen-bond donors (Lipinski definition) is 0. The van der Waals surface area contributed by atoms with Crippen LogP contribution in [0.1, 0.15) is 42.1 Å². The average molecular weight is 600 g/mol. The van der Waals surface area contributed by atoms with Gasteiger partial charge in [-0.05, 0) is 55.7 Å². The highest BCUT2D eigenvalue weighted by molar-refractivity contribution is 7.07. The van der Waals surface area contributed by atoms with E-state index in [9.17, 15) is 19.7 Å². The zero-order valence-electron chi connectivity index (χ0n) is 24.0. The fourth-order valence-electron chi connectivity index (χ4n) is 4.82. The number of nitrogens with zero attached hydrogens (tertiary/aromatic N) is 3. The molecular weight excluding hydrogens is 570 g/mol. The Kier molecular flexibility index (Phi) is 8.53. The Balaban J connectivity index is 1.51. The summed E-state index contributed by atoms with van der Waals surface area (Å²) in [4.78, 5) is 42.6. The Morgan fingerprint density at radius 1 is 1.09 bits per heavy atom. The molecule has 11 heteroatoms. The number of methoxy groups -OCH3 is 1. The van der Waals surface area contributed by atoms with Gasteiger partial charge in [0.1, 0.15) is 6.61 Å². The molecule has 2 heterocycles. The van der Waals surface area contributed by atoms with E-state index in [0.29, 0.717) is 43.2 Å². The highest BCUT2D eigenvalue weighted by Crippen LogP contribution is 2.32. The summed E-state index contributed by atoms with van der Waals surface area (Å²) in [5.74, 6) is 0.376. The molecule has 0 spiro atoms. The van der Waals surface area contributed by atoms with Crippen LogP contribution in [-0.4, -0.2) is 29.2 Å². The highest BCUT2D eigenvalue weighted by Gasteiger charge is 2.33. The third kappa shape index (κ3) is 6.12. The summed E-state index contributed by atoms with van der Waals surface area (Å²) in [6.07, 6.45) is 1.74. The van der Waals surface area contributed by atoms with Gasteiger partial charge in [0, 0.05) is 12.1 Å². The van der Waals surface area contributed by atoms with Gasteiger partial charge >= 0.3 is 5.97 Å². The van der Waals surface area contributed by atoms with Crippen molar-refractivity contribution in [2.24, 2.45) is 4.99 Å². The lowest BCUT2D eigenvalue weighted by Gasteiger charge is -2.24. The summed E-state index contributed by atoms with van der Waals surface area (Å²) >= 11 is 1.23. The number of ether oxygens (including phenoxy) is 3. The summed E-state index contributed by atoms with van der Waals surface area (Å²) < 4.78 is 18.8. The van der Waals surface area contributed by atoms with Gasteiger partial charge < -0.3 is 14.2 Å². The number of carbonyl (C=O) groups excluding carboxylic acids is 1. The number of nitro groups is 1.